The largest absolute Gasteiger partial charge is 0.390 e. The van der Waals surface area contributed by atoms with Crippen LogP contribution in [0.2, 0.25) is 0 Å². The quantitative estimate of drug-likeness (QED) is 0.760. The van der Waals surface area contributed by atoms with Crippen molar-refractivity contribution in [1.82, 2.24) is 5.16 Å². The highest BCUT2D eigenvalue weighted by Crippen LogP contribution is 2.37. The number of aliphatic hydroxyl groups is 1. The van der Waals surface area contributed by atoms with Gasteiger partial charge in [0.15, 0.2) is 5.76 Å². The van der Waals surface area contributed by atoms with Crippen molar-refractivity contribution >= 4 is 11.3 Å². The average molecular weight is 301 g/mol. The number of nitrogens with zero attached hydrogens (tertiary/aromatic N) is 1. The molecule has 2 heterocycles. The first-order valence-electron chi connectivity index (χ1n) is 7.76. The summed E-state index contributed by atoms with van der Waals surface area (Å²) in [5, 5.41) is 17.4. The van der Waals surface area contributed by atoms with Crippen LogP contribution < -0.4 is 0 Å². The molecule has 0 saturated carbocycles. The van der Waals surface area contributed by atoms with Gasteiger partial charge in [-0.3, -0.25) is 0 Å². The van der Waals surface area contributed by atoms with Crippen molar-refractivity contribution in [2.24, 2.45) is 0 Å². The van der Waals surface area contributed by atoms with E-state index in [4.69, 9.17) is 7.26 Å². The molecule has 0 spiro atoms. The van der Waals surface area contributed by atoms with Crippen molar-refractivity contribution in [1.29, 1.82) is 0 Å². The highest BCUT2D eigenvalue weighted by Gasteiger charge is 2.19. The number of rotatable bonds is 4. The summed E-state index contributed by atoms with van der Waals surface area (Å²) in [7, 11) is 0. The van der Waals surface area contributed by atoms with Gasteiger partial charge in [0.1, 0.15) is 5.69 Å². The second-order valence-corrected chi connectivity index (χ2v) is 5.88. The minimum atomic E-state index is -0.227. The normalized spacial score (nSPS) is 12.6. The summed E-state index contributed by atoms with van der Waals surface area (Å²) in [5.74, 6) is 0.644. The monoisotopic (exact) mass is 301 g/mol. The lowest BCUT2D eigenvalue weighted by Crippen LogP contribution is -1.89. The van der Waals surface area contributed by atoms with E-state index in [9.17, 15) is 5.11 Å². The van der Waals surface area contributed by atoms with E-state index in [0.717, 1.165) is 16.7 Å². The zero-order chi connectivity index (χ0) is 16.6. The van der Waals surface area contributed by atoms with Gasteiger partial charge >= 0.3 is 0 Å². The fourth-order valence-corrected chi connectivity index (χ4v) is 2.87. The molecule has 108 valence electrons. The Morgan fingerprint density at radius 2 is 2.24 bits per heavy atom. The Kier molecular flexibility index (Phi) is 3.26. The molecule has 0 fully saturated rings. The van der Waals surface area contributed by atoms with Crippen molar-refractivity contribution in [3.05, 3.63) is 52.3 Å². The Balaban J connectivity index is 2.24. The van der Waals surface area contributed by atoms with Crippen LogP contribution in [0.25, 0.3) is 22.5 Å². The van der Waals surface area contributed by atoms with Crippen LogP contribution in [0.1, 0.15) is 33.8 Å². The van der Waals surface area contributed by atoms with Gasteiger partial charge in [0.25, 0.3) is 0 Å². The highest BCUT2D eigenvalue weighted by molar-refractivity contribution is 7.08. The van der Waals surface area contributed by atoms with E-state index in [1.54, 1.807) is 11.3 Å². The van der Waals surface area contributed by atoms with Crippen LogP contribution in [0.15, 0.2) is 45.6 Å². The Labute approximate surface area is 130 Å². The average Bonchev–Trinajstić information content (AvgIpc) is 3.15. The Bertz CT molecular complexity index is 825. The van der Waals surface area contributed by atoms with E-state index in [2.05, 4.69) is 5.16 Å². The minimum Gasteiger partial charge on any atom is -0.390 e. The third-order valence-corrected chi connectivity index (χ3v) is 4.04. The maximum absolute atomic E-state index is 9.54. The zero-order valence-corrected chi connectivity index (χ0v) is 12.7. The number of hydrogen-bond donors (Lipinski definition) is 1. The molecular weight excluding hydrogens is 282 g/mol. The van der Waals surface area contributed by atoms with Crippen LogP contribution in [-0.2, 0) is 6.61 Å². The van der Waals surface area contributed by atoms with Crippen LogP contribution >= 0.6 is 11.3 Å². The van der Waals surface area contributed by atoms with E-state index in [1.807, 2.05) is 36.7 Å². The SMILES string of the molecule is [2H]c1cc([2H])c(C(C)C)cc1-c1onc(CO)c1-c1ccsc1. The van der Waals surface area contributed by atoms with Crippen LogP contribution in [0, 0.1) is 0 Å². The van der Waals surface area contributed by atoms with Gasteiger partial charge in [-0.2, -0.15) is 11.3 Å². The lowest BCUT2D eigenvalue weighted by Gasteiger charge is -2.07. The van der Waals surface area contributed by atoms with Crippen molar-refractivity contribution < 1.29 is 12.4 Å². The molecule has 1 aromatic carbocycles. The molecule has 0 unspecified atom stereocenters. The molecule has 1 N–H and O–H groups in total. The Morgan fingerprint density at radius 3 is 2.90 bits per heavy atom. The topological polar surface area (TPSA) is 46.3 Å². The molecule has 0 bridgehead atoms. The molecule has 0 radical (unpaired) electrons. The van der Waals surface area contributed by atoms with Gasteiger partial charge in [0, 0.05) is 5.56 Å². The molecule has 0 aliphatic heterocycles. The molecule has 2 aromatic heterocycles. The third-order valence-electron chi connectivity index (χ3n) is 3.36. The lowest BCUT2D eigenvalue weighted by atomic mass is 9.97. The zero-order valence-electron chi connectivity index (χ0n) is 13.9. The Hall–Kier alpha value is -1.91. The number of benzene rings is 1. The number of thiophene rings is 1. The van der Waals surface area contributed by atoms with Gasteiger partial charge < -0.3 is 9.63 Å². The van der Waals surface area contributed by atoms with Gasteiger partial charge in [0.05, 0.1) is 14.9 Å². The molecule has 4 heteroatoms. The van der Waals surface area contributed by atoms with Crippen LogP contribution in [-0.4, -0.2) is 10.3 Å². The standard InChI is InChI=1S/C17H17NO2S/c1-11(2)12-4-3-5-13(8-12)17-16(14-6-7-21-10-14)15(9-19)18-20-17/h3-8,10-11,19H,9H2,1-2H3/i4D,5D. The lowest BCUT2D eigenvalue weighted by molar-refractivity contribution is 0.267. The molecule has 0 amide bonds. The predicted molar refractivity (Wildman–Crippen MR) is 85.3 cm³/mol. The first-order chi connectivity index (χ1) is 11.0. The third kappa shape index (κ3) is 2.64. The maximum Gasteiger partial charge on any atom is 0.175 e. The van der Waals surface area contributed by atoms with Crippen molar-refractivity contribution in [2.75, 3.05) is 0 Å². The fourth-order valence-electron chi connectivity index (χ4n) is 2.22. The molecular formula is C17H17NO2S. The summed E-state index contributed by atoms with van der Waals surface area (Å²) in [6.45, 7) is 3.80. The molecule has 21 heavy (non-hydrogen) atoms. The van der Waals surface area contributed by atoms with E-state index in [-0.39, 0.29) is 18.6 Å². The molecule has 3 nitrogen and oxygen atoms in total. The summed E-state index contributed by atoms with van der Waals surface area (Å²) >= 11 is 1.55. The van der Waals surface area contributed by atoms with Gasteiger partial charge in [0.2, 0.25) is 0 Å². The number of aliphatic hydroxyl groups excluding tert-OH is 1. The van der Waals surface area contributed by atoms with E-state index >= 15 is 0 Å². The maximum atomic E-state index is 9.54. The molecule has 0 atom stereocenters. The van der Waals surface area contributed by atoms with Crippen molar-refractivity contribution in [3.8, 4) is 22.5 Å². The molecule has 0 aliphatic rings. The van der Waals surface area contributed by atoms with Crippen LogP contribution in [0.4, 0.5) is 0 Å². The first-order valence-corrected chi connectivity index (χ1v) is 7.70. The van der Waals surface area contributed by atoms with Crippen LogP contribution in [0.3, 0.4) is 0 Å². The number of hydrogen-bond acceptors (Lipinski definition) is 4. The summed E-state index contributed by atoms with van der Waals surface area (Å²) in [4.78, 5) is 0. The van der Waals surface area contributed by atoms with Gasteiger partial charge in [-0.1, -0.05) is 37.2 Å². The molecule has 3 rings (SSSR count). The Morgan fingerprint density at radius 1 is 1.38 bits per heavy atom. The smallest absolute Gasteiger partial charge is 0.175 e. The molecule has 3 aromatic rings. The van der Waals surface area contributed by atoms with Crippen LogP contribution in [0.5, 0.6) is 0 Å². The second kappa shape index (κ2) is 5.84. The molecule has 0 saturated heterocycles. The summed E-state index contributed by atoms with van der Waals surface area (Å²) in [6.07, 6.45) is 0. The van der Waals surface area contributed by atoms with Gasteiger partial charge in [-0.05, 0) is 39.9 Å². The number of aromatic nitrogens is 1. The van der Waals surface area contributed by atoms with Crippen molar-refractivity contribution in [2.45, 2.75) is 26.4 Å². The summed E-state index contributed by atoms with van der Waals surface area (Å²) < 4.78 is 21.7. The van der Waals surface area contributed by atoms with Gasteiger partial charge in [-0.15, -0.1) is 0 Å². The summed E-state index contributed by atoms with van der Waals surface area (Å²) in [5.41, 5.74) is 3.54. The summed E-state index contributed by atoms with van der Waals surface area (Å²) in [6, 6.07) is 5.87. The predicted octanol–water partition coefficient (Wildman–Crippen LogP) is 4.69. The van der Waals surface area contributed by atoms with E-state index in [0.29, 0.717) is 23.1 Å². The van der Waals surface area contributed by atoms with E-state index in [1.165, 1.54) is 6.07 Å². The van der Waals surface area contributed by atoms with Gasteiger partial charge in [-0.25, -0.2) is 0 Å². The van der Waals surface area contributed by atoms with E-state index < -0.39 is 0 Å². The second-order valence-electron chi connectivity index (χ2n) is 5.10. The fraction of sp³-hybridized carbons (Fsp3) is 0.235. The molecule has 0 aliphatic carbocycles. The minimum absolute atomic E-state index is 0.173. The first kappa shape index (κ1) is 11.7. The highest BCUT2D eigenvalue weighted by atomic mass is 32.1. The van der Waals surface area contributed by atoms with Crippen molar-refractivity contribution in [3.63, 3.8) is 0 Å².